The van der Waals surface area contributed by atoms with Gasteiger partial charge in [-0.25, -0.2) is 9.97 Å². The second-order valence-electron chi connectivity index (χ2n) is 14.2. The molecule has 0 fully saturated rings. The zero-order valence-electron chi connectivity index (χ0n) is 30.3. The molecule has 0 unspecified atom stereocenters. The zero-order chi connectivity index (χ0) is 37.0. The fraction of sp³-hybridized carbons (Fsp3) is 0. The topological polar surface area (TPSA) is 43.9 Å². The first-order valence-corrected chi connectivity index (χ1v) is 18.9. The molecular formula is C52H33N3O. The van der Waals surface area contributed by atoms with Gasteiger partial charge in [-0.15, -0.1) is 0 Å². The Kier molecular flexibility index (Phi) is 7.46. The molecule has 0 bridgehead atoms. The van der Waals surface area contributed by atoms with Gasteiger partial charge in [0.1, 0.15) is 11.2 Å². The van der Waals surface area contributed by atoms with E-state index in [1.54, 1.807) is 0 Å². The highest BCUT2D eigenvalue weighted by atomic mass is 16.3. The molecule has 0 N–H and O–H groups in total. The first kappa shape index (κ1) is 31.9. The lowest BCUT2D eigenvalue weighted by molar-refractivity contribution is 0.669. The molecule has 3 heterocycles. The molecular weight excluding hydrogens is 683 g/mol. The lowest BCUT2D eigenvalue weighted by Crippen LogP contribution is -1.97. The molecule has 262 valence electrons. The van der Waals surface area contributed by atoms with E-state index in [-0.39, 0.29) is 0 Å². The van der Waals surface area contributed by atoms with Crippen LogP contribution in [-0.2, 0) is 0 Å². The molecule has 0 spiro atoms. The second-order valence-corrected chi connectivity index (χ2v) is 14.2. The van der Waals surface area contributed by atoms with Crippen molar-refractivity contribution in [1.82, 2.24) is 14.5 Å². The minimum Gasteiger partial charge on any atom is -0.456 e. The normalized spacial score (nSPS) is 11.6. The molecule has 8 aromatic carbocycles. The van der Waals surface area contributed by atoms with Gasteiger partial charge in [0.25, 0.3) is 0 Å². The van der Waals surface area contributed by atoms with Crippen LogP contribution < -0.4 is 0 Å². The van der Waals surface area contributed by atoms with Crippen molar-refractivity contribution < 1.29 is 4.42 Å². The van der Waals surface area contributed by atoms with Crippen LogP contribution in [0.5, 0.6) is 0 Å². The average Bonchev–Trinajstić information content (AvgIpc) is 3.82. The Bertz CT molecular complexity index is 3250. The van der Waals surface area contributed by atoms with E-state index in [1.807, 2.05) is 18.2 Å². The van der Waals surface area contributed by atoms with Crippen molar-refractivity contribution in [3.63, 3.8) is 0 Å². The maximum atomic E-state index is 6.20. The summed E-state index contributed by atoms with van der Waals surface area (Å²) in [6.45, 7) is 0. The number of aromatic nitrogens is 3. The number of rotatable bonds is 6. The number of para-hydroxylation sites is 2. The van der Waals surface area contributed by atoms with Gasteiger partial charge < -0.3 is 8.98 Å². The van der Waals surface area contributed by atoms with E-state index < -0.39 is 0 Å². The first-order chi connectivity index (χ1) is 27.8. The van der Waals surface area contributed by atoms with Crippen molar-refractivity contribution in [3.8, 4) is 61.8 Å². The smallest absolute Gasteiger partial charge is 0.160 e. The average molecular weight is 716 g/mol. The van der Waals surface area contributed by atoms with Crippen LogP contribution in [0.15, 0.2) is 205 Å². The van der Waals surface area contributed by atoms with Crippen LogP contribution in [-0.4, -0.2) is 14.5 Å². The molecule has 0 aliphatic carbocycles. The van der Waals surface area contributed by atoms with Crippen molar-refractivity contribution in [3.05, 3.63) is 200 Å². The van der Waals surface area contributed by atoms with Gasteiger partial charge in [0.05, 0.1) is 22.4 Å². The van der Waals surface area contributed by atoms with Gasteiger partial charge in [0, 0.05) is 43.9 Å². The maximum absolute atomic E-state index is 6.20. The van der Waals surface area contributed by atoms with Crippen molar-refractivity contribution >= 4 is 43.7 Å². The summed E-state index contributed by atoms with van der Waals surface area (Å²) in [5, 5.41) is 4.63. The Labute approximate surface area is 323 Å². The van der Waals surface area contributed by atoms with E-state index in [0.29, 0.717) is 5.82 Å². The van der Waals surface area contributed by atoms with Gasteiger partial charge >= 0.3 is 0 Å². The molecule has 0 radical (unpaired) electrons. The van der Waals surface area contributed by atoms with Crippen LogP contribution in [0.1, 0.15) is 0 Å². The Balaban J connectivity index is 1.09. The van der Waals surface area contributed by atoms with E-state index in [0.717, 1.165) is 89.0 Å². The van der Waals surface area contributed by atoms with E-state index in [2.05, 4.69) is 187 Å². The largest absolute Gasteiger partial charge is 0.456 e. The van der Waals surface area contributed by atoms with E-state index in [9.17, 15) is 0 Å². The summed E-state index contributed by atoms with van der Waals surface area (Å²) in [4.78, 5) is 10.5. The van der Waals surface area contributed by atoms with Crippen LogP contribution >= 0.6 is 0 Å². The van der Waals surface area contributed by atoms with Crippen LogP contribution in [0.4, 0.5) is 0 Å². The predicted octanol–water partition coefficient (Wildman–Crippen LogP) is 13.8. The van der Waals surface area contributed by atoms with Crippen molar-refractivity contribution in [1.29, 1.82) is 0 Å². The number of benzene rings is 8. The summed E-state index contributed by atoms with van der Waals surface area (Å²) < 4.78 is 8.57. The van der Waals surface area contributed by atoms with E-state index in [1.165, 1.54) is 10.8 Å². The highest BCUT2D eigenvalue weighted by Gasteiger charge is 2.19. The summed E-state index contributed by atoms with van der Waals surface area (Å²) in [7, 11) is 0. The van der Waals surface area contributed by atoms with Gasteiger partial charge in [0.2, 0.25) is 0 Å². The molecule has 3 aromatic heterocycles. The predicted molar refractivity (Wildman–Crippen MR) is 231 cm³/mol. The highest BCUT2D eigenvalue weighted by molar-refractivity contribution is 6.16. The number of furan rings is 1. The SMILES string of the molecule is c1ccc(-c2cc(-c3ccccc3-c3ccccc3)nc(-c3cccc(-c4cccc5c4c4ccccc4n5-c4ccc5oc6ccccc6c5c4)c3)n2)cc1. The summed E-state index contributed by atoms with van der Waals surface area (Å²) >= 11 is 0. The van der Waals surface area contributed by atoms with Gasteiger partial charge in [-0.3, -0.25) is 0 Å². The van der Waals surface area contributed by atoms with Crippen molar-refractivity contribution in [2.75, 3.05) is 0 Å². The summed E-state index contributed by atoms with van der Waals surface area (Å²) in [6.07, 6.45) is 0. The van der Waals surface area contributed by atoms with Crippen molar-refractivity contribution in [2.45, 2.75) is 0 Å². The third-order valence-corrected chi connectivity index (χ3v) is 10.8. The molecule has 56 heavy (non-hydrogen) atoms. The monoisotopic (exact) mass is 715 g/mol. The molecule has 11 rings (SSSR count). The number of fused-ring (bicyclic) bond motifs is 6. The number of nitrogens with zero attached hydrogens (tertiary/aromatic N) is 3. The molecule has 0 saturated heterocycles. The standard InChI is InChI=1S/C52H33N3O/c1-3-15-34(16-4-1)39-21-7-8-22-41(39)46-33-45(35-17-5-2-6-18-35)53-52(54-46)37-20-13-19-36(31-37)40-25-14-27-48-51(40)43-24-9-11-26-47(43)55(48)38-29-30-50-44(32-38)42-23-10-12-28-49(42)56-50/h1-33H. The fourth-order valence-corrected chi connectivity index (χ4v) is 8.26. The van der Waals surface area contributed by atoms with Crippen LogP contribution in [0.3, 0.4) is 0 Å². The molecule has 11 aromatic rings. The van der Waals surface area contributed by atoms with Gasteiger partial charge in [-0.1, -0.05) is 152 Å². The quantitative estimate of drug-likeness (QED) is 0.172. The Morgan fingerprint density at radius 2 is 0.964 bits per heavy atom. The number of hydrogen-bond acceptors (Lipinski definition) is 3. The molecule has 0 amide bonds. The third-order valence-electron chi connectivity index (χ3n) is 10.8. The lowest BCUT2D eigenvalue weighted by atomic mass is 9.96. The number of hydrogen-bond donors (Lipinski definition) is 0. The maximum Gasteiger partial charge on any atom is 0.160 e. The van der Waals surface area contributed by atoms with Crippen LogP contribution in [0.2, 0.25) is 0 Å². The highest BCUT2D eigenvalue weighted by Crippen LogP contribution is 2.41. The molecule has 0 saturated carbocycles. The molecule has 4 heteroatoms. The van der Waals surface area contributed by atoms with Gasteiger partial charge in [-0.2, -0.15) is 0 Å². The third kappa shape index (κ3) is 5.31. The second kappa shape index (κ2) is 13.1. The minimum atomic E-state index is 0.682. The fourth-order valence-electron chi connectivity index (χ4n) is 8.26. The van der Waals surface area contributed by atoms with Crippen LogP contribution in [0.25, 0.3) is 106 Å². The molecule has 0 aliphatic rings. The minimum absolute atomic E-state index is 0.682. The Morgan fingerprint density at radius 1 is 0.357 bits per heavy atom. The van der Waals surface area contributed by atoms with Gasteiger partial charge in [0.15, 0.2) is 5.82 Å². The first-order valence-electron chi connectivity index (χ1n) is 18.9. The summed E-state index contributed by atoms with van der Waals surface area (Å²) in [5.41, 5.74) is 14.5. The lowest BCUT2D eigenvalue weighted by Gasteiger charge is -2.13. The van der Waals surface area contributed by atoms with Gasteiger partial charge in [-0.05, 0) is 70.8 Å². The van der Waals surface area contributed by atoms with Crippen molar-refractivity contribution in [2.24, 2.45) is 0 Å². The molecule has 4 nitrogen and oxygen atoms in total. The summed E-state index contributed by atoms with van der Waals surface area (Å²) in [6, 6.07) is 70.2. The van der Waals surface area contributed by atoms with Crippen LogP contribution in [0, 0.1) is 0 Å². The molecule has 0 atom stereocenters. The van der Waals surface area contributed by atoms with E-state index in [4.69, 9.17) is 14.4 Å². The Hall–Kier alpha value is -7.56. The Morgan fingerprint density at radius 3 is 1.82 bits per heavy atom. The molecule has 0 aliphatic heterocycles. The zero-order valence-corrected chi connectivity index (χ0v) is 30.3. The summed E-state index contributed by atoms with van der Waals surface area (Å²) in [5.74, 6) is 0.682. The van der Waals surface area contributed by atoms with E-state index >= 15 is 0 Å².